The fourth-order valence-corrected chi connectivity index (χ4v) is 3.42. The summed E-state index contributed by atoms with van der Waals surface area (Å²) in [6.07, 6.45) is 0.248. The van der Waals surface area contributed by atoms with Crippen molar-refractivity contribution in [3.05, 3.63) is 59.3 Å². The first-order chi connectivity index (χ1) is 14.3. The highest BCUT2D eigenvalue weighted by molar-refractivity contribution is 6.04. The summed E-state index contributed by atoms with van der Waals surface area (Å²) in [5.74, 6) is 4.44. The number of nitriles is 1. The normalized spacial score (nSPS) is 18.2. The maximum Gasteiger partial charge on any atom is 0.269 e. The molecule has 3 aromatic rings. The number of amides is 2. The number of nitrogens with zero attached hydrogens (tertiary/aromatic N) is 4. The quantitative estimate of drug-likeness (QED) is 0.621. The summed E-state index contributed by atoms with van der Waals surface area (Å²) in [6.45, 7) is 0.445. The Bertz CT molecular complexity index is 1310. The molecule has 8 heteroatoms. The van der Waals surface area contributed by atoms with E-state index in [9.17, 15) is 20.0 Å². The van der Waals surface area contributed by atoms with Gasteiger partial charge in [-0.1, -0.05) is 17.9 Å². The average Bonchev–Trinajstić information content (AvgIpc) is 3.26. The number of fused-ring (bicyclic) bond motifs is 1. The molecular weight excluding hydrogens is 382 g/mol. The molecule has 3 N–H and O–H groups in total. The van der Waals surface area contributed by atoms with Crippen molar-refractivity contribution in [1.29, 1.82) is 5.26 Å². The van der Waals surface area contributed by atoms with E-state index in [4.69, 9.17) is 5.73 Å². The minimum absolute atomic E-state index is 0.0971. The predicted octanol–water partition coefficient (Wildman–Crippen LogP) is 0.941. The number of primary amides is 1. The van der Waals surface area contributed by atoms with Gasteiger partial charge in [0.2, 0.25) is 5.60 Å². The number of nitrogens with two attached hydrogens (primary N) is 1. The third kappa shape index (κ3) is 3.16. The first-order valence-corrected chi connectivity index (χ1v) is 9.16. The van der Waals surface area contributed by atoms with Gasteiger partial charge in [-0.2, -0.15) is 10.4 Å². The Kier molecular flexibility index (Phi) is 4.50. The second-order valence-corrected chi connectivity index (χ2v) is 7.11. The Morgan fingerprint density at radius 2 is 2.07 bits per heavy atom. The van der Waals surface area contributed by atoms with Gasteiger partial charge in [-0.25, -0.2) is 4.68 Å². The largest absolute Gasteiger partial charge is 0.369 e. The first-order valence-electron chi connectivity index (χ1n) is 9.16. The second kappa shape index (κ2) is 7.03. The fraction of sp³-hybridized carbons (Fsp3) is 0.182. The van der Waals surface area contributed by atoms with Crippen molar-refractivity contribution in [2.75, 3.05) is 13.6 Å². The first kappa shape index (κ1) is 19.2. The minimum atomic E-state index is -1.69. The van der Waals surface area contributed by atoms with E-state index in [0.717, 1.165) is 0 Å². The van der Waals surface area contributed by atoms with Crippen LogP contribution in [0.5, 0.6) is 0 Å². The van der Waals surface area contributed by atoms with E-state index in [1.165, 1.54) is 9.58 Å². The lowest BCUT2D eigenvalue weighted by molar-refractivity contribution is -0.137. The molecule has 0 bridgehead atoms. The summed E-state index contributed by atoms with van der Waals surface area (Å²) >= 11 is 0. The Balaban J connectivity index is 1.80. The zero-order valence-corrected chi connectivity index (χ0v) is 16.1. The van der Waals surface area contributed by atoms with Gasteiger partial charge in [0, 0.05) is 31.0 Å². The Hall–Kier alpha value is -4.14. The topological polar surface area (TPSA) is 125 Å². The lowest BCUT2D eigenvalue weighted by atomic mass is 10.0. The highest BCUT2D eigenvalue weighted by Gasteiger charge is 2.42. The fourth-order valence-electron chi connectivity index (χ4n) is 3.42. The molecular formula is C22H17N5O3. The molecule has 2 aromatic carbocycles. The number of carbonyl (C=O) groups is 2. The Morgan fingerprint density at radius 1 is 1.27 bits per heavy atom. The number of rotatable bonds is 2. The van der Waals surface area contributed by atoms with Crippen LogP contribution in [-0.2, 0) is 4.79 Å². The number of hydrogen-bond acceptors (Lipinski definition) is 5. The molecule has 4 rings (SSSR count). The summed E-state index contributed by atoms with van der Waals surface area (Å²) < 4.78 is 1.52. The molecule has 1 unspecified atom stereocenters. The average molecular weight is 399 g/mol. The maximum atomic E-state index is 12.1. The van der Waals surface area contributed by atoms with Crippen LogP contribution in [0.4, 0.5) is 0 Å². The van der Waals surface area contributed by atoms with Crippen molar-refractivity contribution in [2.45, 2.75) is 12.0 Å². The zero-order chi connectivity index (χ0) is 21.5. The monoisotopic (exact) mass is 399 g/mol. The number of likely N-dealkylation sites (N-methyl/N-ethyl adjacent to an activating group) is 1. The van der Waals surface area contributed by atoms with Crippen molar-refractivity contribution in [3.63, 3.8) is 0 Å². The van der Waals surface area contributed by atoms with E-state index in [1.54, 1.807) is 49.5 Å². The van der Waals surface area contributed by atoms with Crippen LogP contribution < -0.4 is 5.73 Å². The molecule has 8 nitrogen and oxygen atoms in total. The van der Waals surface area contributed by atoms with Crippen LogP contribution in [0.2, 0.25) is 0 Å². The van der Waals surface area contributed by atoms with Crippen molar-refractivity contribution in [2.24, 2.45) is 5.73 Å². The molecule has 2 heterocycles. The van der Waals surface area contributed by atoms with Crippen LogP contribution in [0, 0.1) is 23.2 Å². The van der Waals surface area contributed by atoms with Gasteiger partial charge in [0.25, 0.3) is 11.8 Å². The molecule has 1 aliphatic heterocycles. The number of aliphatic hydroxyl groups is 1. The number of hydrogen-bond donors (Lipinski definition) is 2. The van der Waals surface area contributed by atoms with Crippen LogP contribution in [0.3, 0.4) is 0 Å². The van der Waals surface area contributed by atoms with E-state index < -0.39 is 17.4 Å². The van der Waals surface area contributed by atoms with Gasteiger partial charge < -0.3 is 15.7 Å². The zero-order valence-electron chi connectivity index (χ0n) is 16.1. The molecule has 1 aromatic heterocycles. The minimum Gasteiger partial charge on any atom is -0.369 e. The van der Waals surface area contributed by atoms with E-state index in [1.807, 2.05) is 0 Å². The number of benzene rings is 2. The van der Waals surface area contributed by atoms with Crippen molar-refractivity contribution >= 4 is 22.7 Å². The van der Waals surface area contributed by atoms with Gasteiger partial charge in [0.1, 0.15) is 0 Å². The number of carbonyl (C=O) groups excluding carboxylic acids is 2. The third-order valence-electron chi connectivity index (χ3n) is 5.06. The molecule has 1 saturated heterocycles. The molecule has 1 fully saturated rings. The highest BCUT2D eigenvalue weighted by Crippen LogP contribution is 2.24. The standard InChI is InChI=1S/C22H17N5O3/c1-26-10-9-22(30,21(26)29)8-7-14-3-2-4-16(11-14)27-18-12-15(13-23)5-6-17(18)19(25-27)20(24)28/h2-6,11-12,30H,9-10H2,1H3,(H2,24,28). The van der Waals surface area contributed by atoms with Crippen molar-refractivity contribution in [1.82, 2.24) is 14.7 Å². The van der Waals surface area contributed by atoms with E-state index >= 15 is 0 Å². The van der Waals surface area contributed by atoms with Crippen molar-refractivity contribution < 1.29 is 14.7 Å². The summed E-state index contributed by atoms with van der Waals surface area (Å²) in [4.78, 5) is 25.4. The second-order valence-electron chi connectivity index (χ2n) is 7.11. The molecule has 0 aliphatic carbocycles. The SMILES string of the molecule is CN1CCC(O)(C#Cc2cccc(-n3nc(C(N)=O)c4ccc(C#N)cc43)c2)C1=O. The summed E-state index contributed by atoms with van der Waals surface area (Å²) in [5.41, 5.74) is 5.99. The summed E-state index contributed by atoms with van der Waals surface area (Å²) in [5, 5.41) is 24.5. The van der Waals surface area contributed by atoms with Gasteiger partial charge >= 0.3 is 0 Å². The summed E-state index contributed by atoms with van der Waals surface area (Å²) in [7, 11) is 1.62. The molecule has 2 amide bonds. The molecule has 1 atom stereocenters. The van der Waals surface area contributed by atoms with Crippen LogP contribution >= 0.6 is 0 Å². The van der Waals surface area contributed by atoms with Gasteiger partial charge in [-0.3, -0.25) is 9.59 Å². The van der Waals surface area contributed by atoms with E-state index in [0.29, 0.717) is 34.3 Å². The number of aromatic nitrogens is 2. The van der Waals surface area contributed by atoms with Crippen molar-refractivity contribution in [3.8, 4) is 23.6 Å². The molecule has 0 radical (unpaired) electrons. The Labute approximate surface area is 172 Å². The van der Waals surface area contributed by atoms with Crippen LogP contribution in [0.1, 0.15) is 28.0 Å². The molecule has 0 spiro atoms. The third-order valence-corrected chi connectivity index (χ3v) is 5.06. The predicted molar refractivity (Wildman–Crippen MR) is 108 cm³/mol. The lowest BCUT2D eigenvalue weighted by Gasteiger charge is -2.13. The van der Waals surface area contributed by atoms with Crippen LogP contribution in [-0.4, -0.2) is 50.8 Å². The molecule has 0 saturated carbocycles. The van der Waals surface area contributed by atoms with Gasteiger partial charge in [0.15, 0.2) is 5.69 Å². The molecule has 148 valence electrons. The van der Waals surface area contributed by atoms with Gasteiger partial charge in [0.05, 0.1) is 22.8 Å². The number of likely N-dealkylation sites (tertiary alicyclic amines) is 1. The van der Waals surface area contributed by atoms with Gasteiger partial charge in [-0.15, -0.1) is 0 Å². The lowest BCUT2D eigenvalue weighted by Crippen LogP contribution is -2.37. The van der Waals surface area contributed by atoms with Gasteiger partial charge in [-0.05, 0) is 36.4 Å². The van der Waals surface area contributed by atoms with E-state index in [-0.39, 0.29) is 12.1 Å². The molecule has 1 aliphatic rings. The van der Waals surface area contributed by atoms with E-state index in [2.05, 4.69) is 23.0 Å². The maximum absolute atomic E-state index is 12.1. The van der Waals surface area contributed by atoms with Crippen LogP contribution in [0.25, 0.3) is 16.6 Å². The highest BCUT2D eigenvalue weighted by atomic mass is 16.3. The molecule has 30 heavy (non-hydrogen) atoms. The van der Waals surface area contributed by atoms with Crippen LogP contribution in [0.15, 0.2) is 42.5 Å². The summed E-state index contributed by atoms with van der Waals surface area (Å²) in [6, 6.07) is 13.9. The smallest absolute Gasteiger partial charge is 0.269 e. The Morgan fingerprint density at radius 3 is 2.73 bits per heavy atom.